The van der Waals surface area contributed by atoms with Crippen LogP contribution in [0.3, 0.4) is 0 Å². The lowest BCUT2D eigenvalue weighted by Crippen LogP contribution is -2.16. The molecule has 0 saturated heterocycles. The van der Waals surface area contributed by atoms with Crippen molar-refractivity contribution in [3.05, 3.63) is 12.7 Å². The second-order valence-electron chi connectivity index (χ2n) is 2.16. The van der Waals surface area contributed by atoms with Crippen molar-refractivity contribution in [1.29, 1.82) is 0 Å². The summed E-state index contributed by atoms with van der Waals surface area (Å²) in [7, 11) is 0. The quantitative estimate of drug-likeness (QED) is 0.644. The van der Waals surface area contributed by atoms with Crippen molar-refractivity contribution in [2.24, 2.45) is 5.92 Å². The highest BCUT2D eigenvalue weighted by Crippen LogP contribution is 2.08. The zero-order chi connectivity index (χ0) is 8.85. The third kappa shape index (κ3) is 5.73. The van der Waals surface area contributed by atoms with Crippen molar-refractivity contribution in [1.82, 2.24) is 0 Å². The highest BCUT2D eigenvalue weighted by Gasteiger charge is 2.18. The third-order valence-electron chi connectivity index (χ3n) is 1.22. The summed E-state index contributed by atoms with van der Waals surface area (Å²) in [6.45, 7) is 3.33. The highest BCUT2D eigenvalue weighted by molar-refractivity contribution is 5.85. The lowest BCUT2D eigenvalue weighted by molar-refractivity contribution is -0.148. The molecule has 0 aliphatic heterocycles. The number of hydrogen-bond donors (Lipinski definition) is 2. The van der Waals surface area contributed by atoms with Gasteiger partial charge in [-0.15, -0.1) is 19.0 Å². The molecule has 0 saturated carbocycles. The summed E-state index contributed by atoms with van der Waals surface area (Å²) in [5.74, 6) is -3.03. The first kappa shape index (κ1) is 13.6. The van der Waals surface area contributed by atoms with Crippen molar-refractivity contribution >= 4 is 24.3 Å². The van der Waals surface area contributed by atoms with Crippen LogP contribution in [0.2, 0.25) is 0 Å². The Kier molecular flexibility index (Phi) is 7.53. The van der Waals surface area contributed by atoms with E-state index in [1.54, 1.807) is 0 Å². The SMILES string of the molecule is C=CCC(CC(=O)O)C(=O)O.Cl. The Morgan fingerprint density at radius 2 is 1.92 bits per heavy atom. The van der Waals surface area contributed by atoms with Gasteiger partial charge in [-0.2, -0.15) is 0 Å². The molecule has 0 radical (unpaired) electrons. The Morgan fingerprint density at radius 3 is 2.17 bits per heavy atom. The first-order chi connectivity index (χ1) is 5.07. The standard InChI is InChI=1S/C7H10O4.ClH/c1-2-3-5(7(10)11)4-6(8)9;/h2,5H,1,3-4H2,(H,8,9)(H,10,11);1H. The predicted octanol–water partition coefficient (Wildman–Crippen LogP) is 1.16. The van der Waals surface area contributed by atoms with Gasteiger partial charge in [0.15, 0.2) is 0 Å². The van der Waals surface area contributed by atoms with E-state index >= 15 is 0 Å². The summed E-state index contributed by atoms with van der Waals surface area (Å²) in [6.07, 6.45) is 1.25. The molecule has 4 nitrogen and oxygen atoms in total. The molecule has 0 aliphatic carbocycles. The van der Waals surface area contributed by atoms with Gasteiger partial charge in [-0.3, -0.25) is 9.59 Å². The minimum atomic E-state index is -1.10. The predicted molar refractivity (Wildman–Crippen MR) is 45.4 cm³/mol. The number of hydrogen-bond acceptors (Lipinski definition) is 2. The van der Waals surface area contributed by atoms with Crippen LogP contribution >= 0.6 is 12.4 Å². The van der Waals surface area contributed by atoms with Crippen LogP contribution in [0.5, 0.6) is 0 Å². The summed E-state index contributed by atoms with van der Waals surface area (Å²) in [5.41, 5.74) is 0. The molecule has 0 aromatic rings. The minimum absolute atomic E-state index is 0. The van der Waals surface area contributed by atoms with Crippen molar-refractivity contribution < 1.29 is 19.8 Å². The maximum Gasteiger partial charge on any atom is 0.307 e. The van der Waals surface area contributed by atoms with E-state index in [1.807, 2.05) is 0 Å². The van der Waals surface area contributed by atoms with Crippen LogP contribution in [0.4, 0.5) is 0 Å². The van der Waals surface area contributed by atoms with Crippen LogP contribution in [0.15, 0.2) is 12.7 Å². The van der Waals surface area contributed by atoms with Crippen LogP contribution in [0.1, 0.15) is 12.8 Å². The molecule has 2 N–H and O–H groups in total. The van der Waals surface area contributed by atoms with E-state index in [2.05, 4.69) is 6.58 Å². The molecule has 70 valence electrons. The van der Waals surface area contributed by atoms with E-state index in [9.17, 15) is 9.59 Å². The third-order valence-corrected chi connectivity index (χ3v) is 1.22. The molecule has 12 heavy (non-hydrogen) atoms. The molecule has 0 spiro atoms. The van der Waals surface area contributed by atoms with Gasteiger partial charge in [0.05, 0.1) is 12.3 Å². The summed E-state index contributed by atoms with van der Waals surface area (Å²) in [5, 5.41) is 16.7. The fourth-order valence-corrected chi connectivity index (χ4v) is 0.683. The molecule has 0 amide bonds. The minimum Gasteiger partial charge on any atom is -0.481 e. The Hall–Kier alpha value is -1.03. The van der Waals surface area contributed by atoms with Gasteiger partial charge in [0.25, 0.3) is 0 Å². The summed E-state index contributed by atoms with van der Waals surface area (Å²) in [6, 6.07) is 0. The molecular formula is C7H11ClO4. The molecule has 0 fully saturated rings. The van der Waals surface area contributed by atoms with Crippen LogP contribution in [0, 0.1) is 5.92 Å². The van der Waals surface area contributed by atoms with Crippen LogP contribution < -0.4 is 0 Å². The van der Waals surface area contributed by atoms with Crippen molar-refractivity contribution in [2.75, 3.05) is 0 Å². The van der Waals surface area contributed by atoms with Crippen LogP contribution in [0.25, 0.3) is 0 Å². The van der Waals surface area contributed by atoms with E-state index in [0.29, 0.717) is 0 Å². The molecule has 0 aromatic carbocycles. The molecule has 0 aliphatic rings. The van der Waals surface area contributed by atoms with Gasteiger partial charge in [0, 0.05) is 0 Å². The molecule has 0 heterocycles. The normalized spacial score (nSPS) is 11.0. The molecule has 0 aromatic heterocycles. The first-order valence-corrected chi connectivity index (χ1v) is 3.13. The fraction of sp³-hybridized carbons (Fsp3) is 0.429. The highest BCUT2D eigenvalue weighted by atomic mass is 35.5. The number of carbonyl (C=O) groups is 2. The maximum absolute atomic E-state index is 10.3. The number of halogens is 1. The number of allylic oxidation sites excluding steroid dienone is 1. The molecular weight excluding hydrogens is 184 g/mol. The van der Waals surface area contributed by atoms with Gasteiger partial charge in [0.2, 0.25) is 0 Å². The maximum atomic E-state index is 10.3. The summed E-state index contributed by atoms with van der Waals surface area (Å²) < 4.78 is 0. The average molecular weight is 195 g/mol. The fourth-order valence-electron chi connectivity index (χ4n) is 0.683. The summed E-state index contributed by atoms with van der Waals surface area (Å²) >= 11 is 0. The lowest BCUT2D eigenvalue weighted by Gasteiger charge is -2.04. The summed E-state index contributed by atoms with van der Waals surface area (Å²) in [4.78, 5) is 20.4. The van der Waals surface area contributed by atoms with E-state index in [-0.39, 0.29) is 25.2 Å². The Labute approximate surface area is 76.3 Å². The Morgan fingerprint density at radius 1 is 1.42 bits per heavy atom. The number of carboxylic acid groups (broad SMARTS) is 2. The van der Waals surface area contributed by atoms with Crippen LogP contribution in [-0.2, 0) is 9.59 Å². The topological polar surface area (TPSA) is 74.6 Å². The van der Waals surface area contributed by atoms with Gasteiger partial charge < -0.3 is 10.2 Å². The van der Waals surface area contributed by atoms with Crippen molar-refractivity contribution in [2.45, 2.75) is 12.8 Å². The molecule has 1 atom stereocenters. The van der Waals surface area contributed by atoms with Crippen molar-refractivity contribution in [3.63, 3.8) is 0 Å². The molecule has 0 bridgehead atoms. The van der Waals surface area contributed by atoms with Gasteiger partial charge in [-0.05, 0) is 6.42 Å². The van der Waals surface area contributed by atoms with E-state index in [0.717, 1.165) is 0 Å². The Balaban J connectivity index is 0. The largest absolute Gasteiger partial charge is 0.481 e. The number of carboxylic acids is 2. The first-order valence-electron chi connectivity index (χ1n) is 3.13. The average Bonchev–Trinajstić information content (AvgIpc) is 1.86. The number of aliphatic carboxylic acids is 2. The smallest absolute Gasteiger partial charge is 0.307 e. The molecule has 5 heteroatoms. The van der Waals surface area contributed by atoms with E-state index < -0.39 is 17.9 Å². The Bertz CT molecular complexity index is 178. The van der Waals surface area contributed by atoms with Gasteiger partial charge in [0.1, 0.15) is 0 Å². The van der Waals surface area contributed by atoms with Crippen LogP contribution in [-0.4, -0.2) is 22.2 Å². The van der Waals surface area contributed by atoms with Gasteiger partial charge in [-0.25, -0.2) is 0 Å². The zero-order valence-electron chi connectivity index (χ0n) is 6.40. The van der Waals surface area contributed by atoms with E-state index in [1.165, 1.54) is 6.08 Å². The molecule has 1 unspecified atom stereocenters. The lowest BCUT2D eigenvalue weighted by atomic mass is 10.0. The monoisotopic (exact) mass is 194 g/mol. The number of rotatable bonds is 5. The second-order valence-corrected chi connectivity index (χ2v) is 2.16. The van der Waals surface area contributed by atoms with Gasteiger partial charge >= 0.3 is 11.9 Å². The van der Waals surface area contributed by atoms with Crippen molar-refractivity contribution in [3.8, 4) is 0 Å². The van der Waals surface area contributed by atoms with E-state index in [4.69, 9.17) is 10.2 Å². The van der Waals surface area contributed by atoms with Gasteiger partial charge in [-0.1, -0.05) is 6.08 Å². The zero-order valence-corrected chi connectivity index (χ0v) is 7.21. The second kappa shape index (κ2) is 6.67. The molecule has 0 rings (SSSR count).